The van der Waals surface area contributed by atoms with Gasteiger partial charge in [-0.25, -0.2) is 0 Å². The van der Waals surface area contributed by atoms with E-state index >= 15 is 0 Å². The van der Waals surface area contributed by atoms with Gasteiger partial charge in [-0.3, -0.25) is 14.9 Å². The quantitative estimate of drug-likeness (QED) is 0.328. The third-order valence-electron chi connectivity index (χ3n) is 5.37. The van der Waals surface area contributed by atoms with Gasteiger partial charge < -0.3 is 19.7 Å². The molecule has 9 nitrogen and oxygen atoms in total. The fraction of sp³-hybridized carbons (Fsp3) is 0.304. The topological polar surface area (TPSA) is 118 Å². The highest BCUT2D eigenvalue weighted by molar-refractivity contribution is 6.09. The van der Waals surface area contributed by atoms with E-state index in [0.29, 0.717) is 41.7 Å². The number of anilines is 2. The van der Waals surface area contributed by atoms with Gasteiger partial charge in [-0.1, -0.05) is 6.07 Å². The summed E-state index contributed by atoms with van der Waals surface area (Å²) in [6.07, 6.45) is 4.46. The lowest BCUT2D eigenvalue weighted by Gasteiger charge is -2.28. The van der Waals surface area contributed by atoms with Crippen molar-refractivity contribution in [3.8, 4) is 17.6 Å². The third kappa shape index (κ3) is 4.64. The van der Waals surface area contributed by atoms with E-state index in [-0.39, 0.29) is 11.3 Å². The number of hydrogen-bond acceptors (Lipinski definition) is 7. The number of amides is 1. The number of fused-ring (bicyclic) bond motifs is 1. The number of carbonyl (C=O) groups excluding carboxylic acids is 1. The zero-order valence-corrected chi connectivity index (χ0v) is 17.4. The van der Waals surface area contributed by atoms with Gasteiger partial charge in [0.15, 0.2) is 11.5 Å². The number of carbonyl (C=O) groups is 1. The third-order valence-corrected chi connectivity index (χ3v) is 5.37. The maximum absolute atomic E-state index is 12.6. The number of nitro groups is 1. The Labute approximate surface area is 185 Å². The monoisotopic (exact) mass is 434 g/mol. The first-order valence-electron chi connectivity index (χ1n) is 10.4. The largest absolute Gasteiger partial charge is 0.486 e. The van der Waals surface area contributed by atoms with Gasteiger partial charge in [0, 0.05) is 30.9 Å². The molecule has 2 aromatic carbocycles. The van der Waals surface area contributed by atoms with Gasteiger partial charge in [0.2, 0.25) is 0 Å². The van der Waals surface area contributed by atoms with Crippen LogP contribution in [0.15, 0.2) is 42.0 Å². The Hall–Kier alpha value is -4.06. The Balaban J connectivity index is 1.55. The van der Waals surface area contributed by atoms with Crippen molar-refractivity contribution in [1.29, 1.82) is 5.26 Å². The molecule has 1 saturated heterocycles. The number of benzene rings is 2. The Morgan fingerprint density at radius 2 is 1.84 bits per heavy atom. The van der Waals surface area contributed by atoms with E-state index < -0.39 is 10.8 Å². The van der Waals surface area contributed by atoms with E-state index in [1.807, 2.05) is 11.0 Å². The Morgan fingerprint density at radius 1 is 1.09 bits per heavy atom. The molecule has 4 rings (SSSR count). The Bertz CT molecular complexity index is 1120. The second-order valence-electron chi connectivity index (χ2n) is 7.54. The highest BCUT2D eigenvalue weighted by Gasteiger charge is 2.22. The Morgan fingerprint density at radius 3 is 2.56 bits per heavy atom. The second kappa shape index (κ2) is 9.39. The molecule has 9 heteroatoms. The number of nitriles is 1. The van der Waals surface area contributed by atoms with Crippen LogP contribution < -0.4 is 19.7 Å². The van der Waals surface area contributed by atoms with Crippen LogP contribution in [0.5, 0.6) is 11.5 Å². The molecule has 0 unspecified atom stereocenters. The van der Waals surface area contributed by atoms with Crippen molar-refractivity contribution in [3.05, 3.63) is 57.6 Å². The van der Waals surface area contributed by atoms with Crippen LogP contribution in [-0.4, -0.2) is 37.1 Å². The van der Waals surface area contributed by atoms with E-state index in [0.717, 1.165) is 32.4 Å². The molecule has 0 spiro atoms. The van der Waals surface area contributed by atoms with Crippen LogP contribution in [0, 0.1) is 21.4 Å². The predicted octanol–water partition coefficient (Wildman–Crippen LogP) is 3.90. The summed E-state index contributed by atoms with van der Waals surface area (Å²) in [6, 6.07) is 11.6. The minimum atomic E-state index is -0.619. The summed E-state index contributed by atoms with van der Waals surface area (Å²) >= 11 is 0. The summed E-state index contributed by atoms with van der Waals surface area (Å²) in [4.78, 5) is 25.9. The van der Waals surface area contributed by atoms with Crippen molar-refractivity contribution >= 4 is 29.0 Å². The lowest BCUT2D eigenvalue weighted by atomic mass is 10.1. The lowest BCUT2D eigenvalue weighted by molar-refractivity contribution is -0.384. The number of nitrogens with zero attached hydrogens (tertiary/aromatic N) is 3. The second-order valence-corrected chi connectivity index (χ2v) is 7.54. The summed E-state index contributed by atoms with van der Waals surface area (Å²) in [6.45, 7) is 2.43. The molecule has 2 aliphatic heterocycles. The molecular formula is C23H22N4O5. The summed E-state index contributed by atoms with van der Waals surface area (Å²) in [7, 11) is 0. The van der Waals surface area contributed by atoms with Crippen molar-refractivity contribution in [1.82, 2.24) is 0 Å². The number of nitro benzene ring substituents is 1. The van der Waals surface area contributed by atoms with Crippen LogP contribution in [0.4, 0.5) is 17.1 Å². The standard InChI is InChI=1S/C23H22N4O5/c24-15-17(23(28)25-18-5-7-21-22(14-18)32-11-10-31-21)12-16-4-6-19(20(13-16)27(29)30)26-8-2-1-3-9-26/h4-7,12-14H,1-3,8-11H2,(H,25,28). The van der Waals surface area contributed by atoms with Crippen molar-refractivity contribution in [2.45, 2.75) is 19.3 Å². The average Bonchev–Trinajstić information content (AvgIpc) is 2.82. The Kier molecular flexibility index (Phi) is 6.22. The average molecular weight is 434 g/mol. The first kappa shape index (κ1) is 21.2. The molecule has 164 valence electrons. The van der Waals surface area contributed by atoms with Gasteiger partial charge in [-0.15, -0.1) is 0 Å². The molecule has 0 radical (unpaired) electrons. The first-order valence-corrected chi connectivity index (χ1v) is 10.4. The van der Waals surface area contributed by atoms with Crippen molar-refractivity contribution in [2.24, 2.45) is 0 Å². The fourth-order valence-electron chi connectivity index (χ4n) is 3.81. The van der Waals surface area contributed by atoms with E-state index in [2.05, 4.69) is 5.32 Å². The maximum atomic E-state index is 12.6. The molecule has 0 atom stereocenters. The highest BCUT2D eigenvalue weighted by atomic mass is 16.6. The van der Waals surface area contributed by atoms with Crippen LogP contribution >= 0.6 is 0 Å². The van der Waals surface area contributed by atoms with Crippen LogP contribution in [0.3, 0.4) is 0 Å². The molecule has 1 fully saturated rings. The zero-order valence-electron chi connectivity index (χ0n) is 17.4. The smallest absolute Gasteiger partial charge is 0.293 e. The van der Waals surface area contributed by atoms with E-state index in [4.69, 9.17) is 9.47 Å². The summed E-state index contributed by atoms with van der Waals surface area (Å²) in [5.41, 5.74) is 1.22. The summed E-state index contributed by atoms with van der Waals surface area (Å²) in [5.74, 6) is 0.485. The molecule has 2 aliphatic rings. The molecule has 0 aromatic heterocycles. The molecule has 32 heavy (non-hydrogen) atoms. The van der Waals surface area contributed by atoms with Gasteiger partial charge in [-0.2, -0.15) is 5.26 Å². The van der Waals surface area contributed by atoms with Gasteiger partial charge in [0.25, 0.3) is 11.6 Å². The van der Waals surface area contributed by atoms with Crippen molar-refractivity contribution in [2.75, 3.05) is 36.5 Å². The number of hydrogen-bond donors (Lipinski definition) is 1. The van der Waals surface area contributed by atoms with Crippen LogP contribution in [0.25, 0.3) is 6.08 Å². The molecule has 0 bridgehead atoms. The van der Waals surface area contributed by atoms with Gasteiger partial charge in [0.05, 0.1) is 4.92 Å². The van der Waals surface area contributed by atoms with Gasteiger partial charge in [-0.05, 0) is 49.1 Å². The number of piperidine rings is 1. The SMILES string of the molecule is N#CC(=Cc1ccc(N2CCCCC2)c([N+](=O)[O-])c1)C(=O)Nc1ccc2c(c1)OCCO2. The normalized spacial score (nSPS) is 15.6. The maximum Gasteiger partial charge on any atom is 0.293 e. The van der Waals surface area contributed by atoms with E-state index in [1.54, 1.807) is 30.3 Å². The molecule has 2 heterocycles. The molecule has 1 amide bonds. The van der Waals surface area contributed by atoms with Crippen LogP contribution in [-0.2, 0) is 4.79 Å². The van der Waals surface area contributed by atoms with Gasteiger partial charge >= 0.3 is 0 Å². The van der Waals surface area contributed by atoms with Crippen molar-refractivity contribution < 1.29 is 19.2 Å². The molecule has 0 saturated carbocycles. The van der Waals surface area contributed by atoms with Crippen molar-refractivity contribution in [3.63, 3.8) is 0 Å². The molecule has 2 aromatic rings. The van der Waals surface area contributed by atoms with E-state index in [9.17, 15) is 20.2 Å². The van der Waals surface area contributed by atoms with Gasteiger partial charge in [0.1, 0.15) is 30.5 Å². The summed E-state index contributed by atoms with van der Waals surface area (Å²) < 4.78 is 11.0. The minimum absolute atomic E-state index is 0.0369. The predicted molar refractivity (Wildman–Crippen MR) is 119 cm³/mol. The molecule has 1 N–H and O–H groups in total. The zero-order chi connectivity index (χ0) is 22.5. The van der Waals surface area contributed by atoms with E-state index in [1.165, 1.54) is 12.1 Å². The molecule has 0 aliphatic carbocycles. The number of rotatable bonds is 5. The highest BCUT2D eigenvalue weighted by Crippen LogP contribution is 2.33. The fourth-order valence-corrected chi connectivity index (χ4v) is 3.81. The lowest BCUT2D eigenvalue weighted by Crippen LogP contribution is -2.29. The minimum Gasteiger partial charge on any atom is -0.486 e. The van der Waals surface area contributed by atoms with Crippen LogP contribution in [0.1, 0.15) is 24.8 Å². The molecular weight excluding hydrogens is 412 g/mol. The van der Waals surface area contributed by atoms with Crippen LogP contribution in [0.2, 0.25) is 0 Å². The number of nitrogens with one attached hydrogen (secondary N) is 1. The number of ether oxygens (including phenoxy) is 2. The summed E-state index contributed by atoms with van der Waals surface area (Å²) in [5, 5.41) is 23.8. The first-order chi connectivity index (χ1) is 15.5.